The van der Waals surface area contributed by atoms with Crippen LogP contribution in [0.3, 0.4) is 0 Å². The molecule has 1 aromatic heterocycles. The van der Waals surface area contributed by atoms with Gasteiger partial charge in [0, 0.05) is 31.5 Å². The Morgan fingerprint density at radius 2 is 1.79 bits per heavy atom. The predicted molar refractivity (Wildman–Crippen MR) is 130 cm³/mol. The second kappa shape index (κ2) is 9.99. The summed E-state index contributed by atoms with van der Waals surface area (Å²) in [5.74, 6) is 0.0654. The van der Waals surface area contributed by atoms with E-state index in [1.807, 2.05) is 61.2 Å². The van der Waals surface area contributed by atoms with Crippen LogP contribution in [0.15, 0.2) is 79.1 Å². The molecule has 0 bridgehead atoms. The summed E-state index contributed by atoms with van der Waals surface area (Å²) >= 11 is 0. The van der Waals surface area contributed by atoms with Gasteiger partial charge in [0.05, 0.1) is 11.8 Å². The lowest BCUT2D eigenvalue weighted by Gasteiger charge is -2.30. The van der Waals surface area contributed by atoms with Gasteiger partial charge in [-0.25, -0.2) is 0 Å². The van der Waals surface area contributed by atoms with E-state index in [2.05, 4.69) is 34.6 Å². The van der Waals surface area contributed by atoms with Gasteiger partial charge in [-0.1, -0.05) is 60.7 Å². The summed E-state index contributed by atoms with van der Waals surface area (Å²) in [5.41, 5.74) is 3.63. The third-order valence-corrected chi connectivity index (χ3v) is 6.32. The molecule has 170 valence electrons. The van der Waals surface area contributed by atoms with E-state index < -0.39 is 5.41 Å². The lowest BCUT2D eigenvalue weighted by atomic mass is 9.78. The molecule has 1 atom stereocenters. The summed E-state index contributed by atoms with van der Waals surface area (Å²) in [7, 11) is 0. The normalized spacial score (nSPS) is 17.8. The van der Waals surface area contributed by atoms with Gasteiger partial charge in [-0.2, -0.15) is 0 Å². The van der Waals surface area contributed by atoms with Crippen molar-refractivity contribution < 1.29 is 9.59 Å². The fraction of sp³-hybridized carbons (Fsp3) is 0.321. The zero-order chi connectivity index (χ0) is 23.3. The molecule has 1 N–H and O–H groups in total. The monoisotopic (exact) mass is 441 g/mol. The first kappa shape index (κ1) is 22.7. The number of carbonyl (C=O) groups excluding carboxylic acids is 2. The van der Waals surface area contributed by atoms with E-state index in [4.69, 9.17) is 0 Å². The molecule has 2 aromatic carbocycles. The molecular formula is C28H31N3O2. The zero-order valence-electron chi connectivity index (χ0n) is 19.3. The van der Waals surface area contributed by atoms with Gasteiger partial charge in [0.2, 0.25) is 11.8 Å². The molecule has 0 aliphatic carbocycles. The lowest BCUT2D eigenvalue weighted by molar-refractivity contribution is -0.133. The first-order valence-corrected chi connectivity index (χ1v) is 11.6. The third-order valence-electron chi connectivity index (χ3n) is 6.32. The minimum absolute atomic E-state index is 0.0250. The number of benzene rings is 2. The zero-order valence-corrected chi connectivity index (χ0v) is 19.3. The Morgan fingerprint density at radius 3 is 2.52 bits per heavy atom. The Morgan fingerprint density at radius 1 is 1.03 bits per heavy atom. The summed E-state index contributed by atoms with van der Waals surface area (Å²) in [6, 6.07) is 22.3. The van der Waals surface area contributed by atoms with Crippen molar-refractivity contribution in [2.75, 3.05) is 13.1 Å². The molecular weight excluding hydrogens is 410 g/mol. The van der Waals surface area contributed by atoms with Crippen molar-refractivity contribution in [1.29, 1.82) is 0 Å². The van der Waals surface area contributed by atoms with E-state index >= 15 is 0 Å². The van der Waals surface area contributed by atoms with Gasteiger partial charge in [0.15, 0.2) is 0 Å². The fourth-order valence-corrected chi connectivity index (χ4v) is 4.64. The number of rotatable bonds is 7. The van der Waals surface area contributed by atoms with Crippen molar-refractivity contribution in [3.8, 4) is 11.1 Å². The first-order chi connectivity index (χ1) is 16.0. The quantitative estimate of drug-likeness (QED) is 0.595. The number of likely N-dealkylation sites (tertiary alicyclic amines) is 1. The predicted octanol–water partition coefficient (Wildman–Crippen LogP) is 4.28. The highest BCUT2D eigenvalue weighted by atomic mass is 16.2. The van der Waals surface area contributed by atoms with Crippen molar-refractivity contribution in [3.63, 3.8) is 0 Å². The minimum Gasteiger partial charge on any atom is -0.353 e. The van der Waals surface area contributed by atoms with Crippen molar-refractivity contribution in [2.24, 2.45) is 5.41 Å². The topological polar surface area (TPSA) is 62.3 Å². The van der Waals surface area contributed by atoms with Crippen LogP contribution < -0.4 is 5.32 Å². The molecule has 5 heteroatoms. The number of hydrogen-bond acceptors (Lipinski definition) is 3. The molecule has 1 unspecified atom stereocenters. The highest BCUT2D eigenvalue weighted by Gasteiger charge is 2.46. The van der Waals surface area contributed by atoms with Crippen LogP contribution in [0.2, 0.25) is 0 Å². The van der Waals surface area contributed by atoms with Crippen LogP contribution in [0.5, 0.6) is 0 Å². The van der Waals surface area contributed by atoms with E-state index in [0.29, 0.717) is 32.4 Å². The molecule has 1 aliphatic rings. The van der Waals surface area contributed by atoms with Crippen molar-refractivity contribution in [1.82, 2.24) is 15.2 Å². The summed E-state index contributed by atoms with van der Waals surface area (Å²) in [5, 5.41) is 3.13. The SMILES string of the molecule is CC(C)NC(=O)C1(Cc2ccccc2-c2ccccc2)CCN(C(=O)Cc2cccnc2)C1. The molecule has 0 saturated carbocycles. The van der Waals surface area contributed by atoms with Crippen LogP contribution in [0.25, 0.3) is 11.1 Å². The average Bonchev–Trinajstić information content (AvgIpc) is 3.26. The number of pyridine rings is 1. The highest BCUT2D eigenvalue weighted by Crippen LogP contribution is 2.38. The van der Waals surface area contributed by atoms with Crippen molar-refractivity contribution >= 4 is 11.8 Å². The lowest BCUT2D eigenvalue weighted by Crippen LogP contribution is -2.47. The fourth-order valence-electron chi connectivity index (χ4n) is 4.64. The second-order valence-corrected chi connectivity index (χ2v) is 9.21. The van der Waals surface area contributed by atoms with E-state index in [1.54, 1.807) is 12.4 Å². The van der Waals surface area contributed by atoms with E-state index in [-0.39, 0.29) is 17.9 Å². The van der Waals surface area contributed by atoms with Crippen LogP contribution in [0.4, 0.5) is 0 Å². The van der Waals surface area contributed by atoms with Gasteiger partial charge in [0.25, 0.3) is 0 Å². The number of carbonyl (C=O) groups is 2. The van der Waals surface area contributed by atoms with Gasteiger partial charge in [-0.05, 0) is 55.0 Å². The maximum atomic E-state index is 13.5. The standard InChI is InChI=1S/C28H31N3O2/c1-21(2)30-27(33)28(14-16-31(20-28)26(32)17-22-9-8-15-29-19-22)18-24-12-6-7-13-25(24)23-10-4-3-5-11-23/h3-13,15,19,21H,14,16-18,20H2,1-2H3,(H,30,33). The van der Waals surface area contributed by atoms with Gasteiger partial charge in [-0.15, -0.1) is 0 Å². The molecule has 4 rings (SSSR count). The number of hydrogen-bond donors (Lipinski definition) is 1. The molecule has 2 heterocycles. The Hall–Kier alpha value is -3.47. The average molecular weight is 442 g/mol. The molecule has 3 aromatic rings. The number of nitrogens with zero attached hydrogens (tertiary/aromatic N) is 2. The Labute approximate surface area is 195 Å². The molecule has 0 spiro atoms. The van der Waals surface area contributed by atoms with Crippen molar-refractivity contribution in [2.45, 2.75) is 39.2 Å². The minimum atomic E-state index is -0.653. The maximum Gasteiger partial charge on any atom is 0.228 e. The summed E-state index contributed by atoms with van der Waals surface area (Å²) < 4.78 is 0. The summed E-state index contributed by atoms with van der Waals surface area (Å²) in [4.78, 5) is 32.5. The molecule has 0 radical (unpaired) electrons. The summed E-state index contributed by atoms with van der Waals surface area (Å²) in [6.45, 7) is 4.96. The summed E-state index contributed by atoms with van der Waals surface area (Å²) in [6.07, 6.45) is 4.97. The van der Waals surface area contributed by atoms with Crippen molar-refractivity contribution in [3.05, 3.63) is 90.3 Å². The van der Waals surface area contributed by atoms with E-state index in [0.717, 1.165) is 22.3 Å². The molecule has 33 heavy (non-hydrogen) atoms. The van der Waals surface area contributed by atoms with Crippen LogP contribution in [0.1, 0.15) is 31.4 Å². The maximum absolute atomic E-state index is 13.5. The molecule has 5 nitrogen and oxygen atoms in total. The third kappa shape index (κ3) is 5.30. The number of amides is 2. The van der Waals surface area contributed by atoms with E-state index in [1.165, 1.54) is 0 Å². The van der Waals surface area contributed by atoms with Gasteiger partial charge < -0.3 is 10.2 Å². The van der Waals surface area contributed by atoms with Crippen LogP contribution >= 0.6 is 0 Å². The molecule has 2 amide bonds. The Kier molecular flexibility index (Phi) is 6.87. The Balaban J connectivity index is 1.61. The molecule has 1 aliphatic heterocycles. The first-order valence-electron chi connectivity index (χ1n) is 11.6. The largest absolute Gasteiger partial charge is 0.353 e. The molecule has 1 fully saturated rings. The van der Waals surface area contributed by atoms with Crippen LogP contribution in [-0.4, -0.2) is 40.8 Å². The number of aromatic nitrogens is 1. The highest BCUT2D eigenvalue weighted by molar-refractivity contribution is 5.87. The van der Waals surface area contributed by atoms with Crippen LogP contribution in [-0.2, 0) is 22.4 Å². The van der Waals surface area contributed by atoms with Gasteiger partial charge in [-0.3, -0.25) is 14.6 Å². The Bertz CT molecular complexity index is 1100. The van der Waals surface area contributed by atoms with Gasteiger partial charge in [0.1, 0.15) is 0 Å². The molecule has 1 saturated heterocycles. The van der Waals surface area contributed by atoms with E-state index in [9.17, 15) is 9.59 Å². The van der Waals surface area contributed by atoms with Crippen LogP contribution in [0, 0.1) is 5.41 Å². The smallest absolute Gasteiger partial charge is 0.228 e. The number of nitrogens with one attached hydrogen (secondary N) is 1. The second-order valence-electron chi connectivity index (χ2n) is 9.21. The van der Waals surface area contributed by atoms with Gasteiger partial charge >= 0.3 is 0 Å².